The third-order valence-electron chi connectivity index (χ3n) is 5.18. The van der Waals surface area contributed by atoms with Crippen LogP contribution in [0.25, 0.3) is 0 Å². The van der Waals surface area contributed by atoms with Gasteiger partial charge in [-0.1, -0.05) is 6.07 Å². The van der Waals surface area contributed by atoms with Gasteiger partial charge >= 0.3 is 6.09 Å². The quantitative estimate of drug-likeness (QED) is 0.756. The molecule has 2 N–H and O–H groups in total. The zero-order valence-electron chi connectivity index (χ0n) is 17.3. The summed E-state index contributed by atoms with van der Waals surface area (Å²) in [4.78, 5) is 50.3. The van der Waals surface area contributed by atoms with Crippen LogP contribution < -0.4 is 10.6 Å². The van der Waals surface area contributed by atoms with Gasteiger partial charge in [0.1, 0.15) is 11.6 Å². The molecule has 4 amide bonds. The van der Waals surface area contributed by atoms with E-state index in [1.165, 1.54) is 4.90 Å². The number of nitrogens with one attached hydrogen (secondary N) is 2. The summed E-state index contributed by atoms with van der Waals surface area (Å²) in [5, 5.41) is 5.09. The number of amides is 4. The first-order valence-corrected chi connectivity index (χ1v) is 9.79. The minimum Gasteiger partial charge on any atom is -0.444 e. The minimum atomic E-state index is -0.649. The molecule has 0 aliphatic carbocycles. The Morgan fingerprint density at radius 1 is 1.28 bits per heavy atom. The van der Waals surface area contributed by atoms with E-state index in [0.29, 0.717) is 24.9 Å². The second-order valence-electron chi connectivity index (χ2n) is 8.48. The van der Waals surface area contributed by atoms with Gasteiger partial charge in [-0.05, 0) is 63.3 Å². The van der Waals surface area contributed by atoms with Crippen LogP contribution in [0.2, 0.25) is 0 Å². The van der Waals surface area contributed by atoms with Crippen LogP contribution in [-0.2, 0) is 27.4 Å². The molecule has 0 saturated carbocycles. The average Bonchev–Trinajstić information content (AvgIpc) is 2.84. The van der Waals surface area contributed by atoms with Gasteiger partial charge in [-0.15, -0.1) is 0 Å². The van der Waals surface area contributed by atoms with Crippen molar-refractivity contribution in [3.8, 4) is 0 Å². The second kappa shape index (κ2) is 7.85. The van der Waals surface area contributed by atoms with Crippen molar-refractivity contribution in [1.82, 2.24) is 15.5 Å². The predicted molar refractivity (Wildman–Crippen MR) is 105 cm³/mol. The summed E-state index contributed by atoms with van der Waals surface area (Å²) in [5.41, 5.74) is 2.61. The van der Waals surface area contributed by atoms with Crippen LogP contribution in [0.5, 0.6) is 0 Å². The number of fused-ring (bicyclic) bond motifs is 1. The molecule has 0 aromatic heterocycles. The molecule has 156 valence electrons. The molecule has 1 aromatic rings. The van der Waals surface area contributed by atoms with Gasteiger partial charge in [-0.2, -0.15) is 0 Å². The minimum absolute atomic E-state index is 0.204. The first-order chi connectivity index (χ1) is 13.6. The van der Waals surface area contributed by atoms with Gasteiger partial charge in [-0.25, -0.2) is 4.79 Å². The fourth-order valence-electron chi connectivity index (χ4n) is 3.70. The van der Waals surface area contributed by atoms with Crippen molar-refractivity contribution in [1.29, 1.82) is 0 Å². The van der Waals surface area contributed by atoms with E-state index in [1.54, 1.807) is 26.8 Å². The molecule has 0 unspecified atom stereocenters. The Kier molecular flexibility index (Phi) is 5.64. The molecule has 1 saturated heterocycles. The Morgan fingerprint density at radius 2 is 2.00 bits per heavy atom. The van der Waals surface area contributed by atoms with Crippen LogP contribution in [0.15, 0.2) is 12.1 Å². The zero-order chi connectivity index (χ0) is 21.3. The van der Waals surface area contributed by atoms with E-state index in [0.717, 1.165) is 16.7 Å². The molecular weight excluding hydrogens is 374 g/mol. The lowest BCUT2D eigenvalue weighted by molar-refractivity contribution is -0.132. The van der Waals surface area contributed by atoms with Crippen molar-refractivity contribution in [2.24, 2.45) is 0 Å². The normalized spacial score (nSPS) is 19.5. The first-order valence-electron chi connectivity index (χ1n) is 9.79. The maximum atomic E-state index is 12.9. The molecule has 8 nitrogen and oxygen atoms in total. The number of imide groups is 1. The molecule has 0 bridgehead atoms. The van der Waals surface area contributed by atoms with Crippen LogP contribution in [-0.4, -0.2) is 40.4 Å². The highest BCUT2D eigenvalue weighted by molar-refractivity contribution is 6.04. The summed E-state index contributed by atoms with van der Waals surface area (Å²) in [6, 6.07) is 2.89. The molecule has 3 rings (SSSR count). The third kappa shape index (κ3) is 4.58. The van der Waals surface area contributed by atoms with E-state index in [4.69, 9.17) is 4.74 Å². The molecule has 2 heterocycles. The second-order valence-corrected chi connectivity index (χ2v) is 8.48. The maximum Gasteiger partial charge on any atom is 0.407 e. The SMILES string of the molecule is Cc1c(CNC(=O)OC(C)(C)C)ccc2c1CN([C@H]1CCCC(=O)NC1=O)C2=O. The van der Waals surface area contributed by atoms with Gasteiger partial charge in [0, 0.05) is 25.1 Å². The van der Waals surface area contributed by atoms with Crippen LogP contribution in [0.3, 0.4) is 0 Å². The molecule has 29 heavy (non-hydrogen) atoms. The summed E-state index contributed by atoms with van der Waals surface area (Å²) >= 11 is 0. The van der Waals surface area contributed by atoms with Crippen molar-refractivity contribution >= 4 is 23.8 Å². The zero-order valence-corrected chi connectivity index (χ0v) is 17.3. The lowest BCUT2D eigenvalue weighted by atomic mass is 9.99. The van der Waals surface area contributed by atoms with Crippen molar-refractivity contribution in [2.75, 3.05) is 0 Å². The molecule has 1 fully saturated rings. The van der Waals surface area contributed by atoms with Crippen molar-refractivity contribution < 1.29 is 23.9 Å². The lowest BCUT2D eigenvalue weighted by Gasteiger charge is -2.24. The Labute approximate surface area is 170 Å². The van der Waals surface area contributed by atoms with Crippen LogP contribution in [0.4, 0.5) is 4.79 Å². The smallest absolute Gasteiger partial charge is 0.407 e. The summed E-state index contributed by atoms with van der Waals surface area (Å²) in [7, 11) is 0. The summed E-state index contributed by atoms with van der Waals surface area (Å²) < 4.78 is 5.25. The number of alkyl carbamates (subject to hydrolysis) is 1. The van der Waals surface area contributed by atoms with Gasteiger partial charge in [-0.3, -0.25) is 19.7 Å². The average molecular weight is 401 g/mol. The highest BCUT2D eigenvalue weighted by Gasteiger charge is 2.38. The fourth-order valence-corrected chi connectivity index (χ4v) is 3.70. The van der Waals surface area contributed by atoms with Crippen LogP contribution in [0.1, 0.15) is 67.1 Å². The number of carbonyl (C=O) groups excluding carboxylic acids is 4. The Morgan fingerprint density at radius 3 is 2.69 bits per heavy atom. The van der Waals surface area contributed by atoms with Crippen molar-refractivity contribution in [3.63, 3.8) is 0 Å². The molecule has 0 radical (unpaired) electrons. The van der Waals surface area contributed by atoms with E-state index < -0.39 is 23.6 Å². The number of nitrogens with zero attached hydrogens (tertiary/aromatic N) is 1. The number of hydrogen-bond acceptors (Lipinski definition) is 5. The topological polar surface area (TPSA) is 105 Å². The molecule has 1 atom stereocenters. The molecule has 2 aliphatic heterocycles. The van der Waals surface area contributed by atoms with Gasteiger partial charge in [0.05, 0.1) is 0 Å². The van der Waals surface area contributed by atoms with Crippen molar-refractivity contribution in [2.45, 2.75) is 71.7 Å². The molecule has 1 aromatic carbocycles. The van der Waals surface area contributed by atoms with Crippen LogP contribution in [0, 0.1) is 6.92 Å². The van der Waals surface area contributed by atoms with Gasteiger partial charge in [0.15, 0.2) is 0 Å². The molecular formula is C21H27N3O5. The number of hydrogen-bond donors (Lipinski definition) is 2. The lowest BCUT2D eigenvalue weighted by Crippen LogP contribution is -2.46. The van der Waals surface area contributed by atoms with E-state index in [2.05, 4.69) is 10.6 Å². The number of benzene rings is 1. The standard InChI is InChI=1S/C21H27N3O5/c1-12-13(10-22-20(28)29-21(2,3)4)8-9-14-15(12)11-24(19(14)27)16-6-5-7-17(25)23-18(16)26/h8-9,16H,5-7,10-11H2,1-4H3,(H,22,28)(H,23,25,26)/t16-/m0/s1. The van der Waals surface area contributed by atoms with Crippen LogP contribution >= 0.6 is 0 Å². The monoisotopic (exact) mass is 401 g/mol. The Hall–Kier alpha value is -2.90. The summed E-state index contributed by atoms with van der Waals surface area (Å²) in [5.74, 6) is -0.921. The maximum absolute atomic E-state index is 12.9. The van der Waals surface area contributed by atoms with Crippen molar-refractivity contribution in [3.05, 3.63) is 34.4 Å². The Bertz CT molecular complexity index is 872. The van der Waals surface area contributed by atoms with Gasteiger partial charge in [0.25, 0.3) is 5.91 Å². The molecule has 2 aliphatic rings. The summed E-state index contributed by atoms with van der Waals surface area (Å²) in [6.45, 7) is 7.88. The highest BCUT2D eigenvalue weighted by atomic mass is 16.6. The fraction of sp³-hybridized carbons (Fsp3) is 0.524. The predicted octanol–water partition coefficient (Wildman–Crippen LogP) is 2.17. The highest BCUT2D eigenvalue weighted by Crippen LogP contribution is 2.31. The molecule has 0 spiro atoms. The van der Waals surface area contributed by atoms with E-state index in [-0.39, 0.29) is 24.8 Å². The Balaban J connectivity index is 1.74. The van der Waals surface area contributed by atoms with E-state index in [9.17, 15) is 19.2 Å². The molecule has 8 heteroatoms. The van der Waals surface area contributed by atoms with Gasteiger partial charge in [0.2, 0.25) is 11.8 Å². The number of carbonyl (C=O) groups is 4. The number of ether oxygens (including phenoxy) is 1. The number of rotatable bonds is 3. The first kappa shape index (κ1) is 20.8. The third-order valence-corrected chi connectivity index (χ3v) is 5.18. The summed E-state index contributed by atoms with van der Waals surface area (Å²) in [6.07, 6.45) is 0.807. The van der Waals surface area contributed by atoms with Gasteiger partial charge < -0.3 is 15.0 Å². The van der Waals surface area contributed by atoms with E-state index >= 15 is 0 Å². The largest absolute Gasteiger partial charge is 0.444 e. The van der Waals surface area contributed by atoms with E-state index in [1.807, 2.05) is 13.0 Å².